The quantitative estimate of drug-likeness (QED) is 0.558. The van der Waals surface area contributed by atoms with E-state index in [0.717, 1.165) is 69.4 Å². The highest BCUT2D eigenvalue weighted by molar-refractivity contribution is 5.99. The molecule has 0 saturated carbocycles. The average Bonchev–Trinajstić information content (AvgIpc) is 3.18. The lowest BCUT2D eigenvalue weighted by atomic mass is 10.1. The van der Waals surface area contributed by atoms with E-state index in [9.17, 15) is 4.79 Å². The number of morpholine rings is 1. The summed E-state index contributed by atoms with van der Waals surface area (Å²) in [5.74, 6) is 2.15. The maximum absolute atomic E-state index is 12.3. The van der Waals surface area contributed by atoms with Crippen molar-refractivity contribution in [2.75, 3.05) is 46.7 Å². The molecule has 2 atom stereocenters. The minimum absolute atomic E-state index is 0.313. The number of urea groups is 1. The first-order valence-corrected chi connectivity index (χ1v) is 12.7. The predicted molar refractivity (Wildman–Crippen MR) is 138 cm³/mol. The summed E-state index contributed by atoms with van der Waals surface area (Å²) in [5.41, 5.74) is 2.25. The van der Waals surface area contributed by atoms with Gasteiger partial charge in [-0.05, 0) is 68.5 Å². The molecule has 3 aromatic rings. The van der Waals surface area contributed by atoms with Crippen molar-refractivity contribution in [2.24, 2.45) is 0 Å². The third-order valence-corrected chi connectivity index (χ3v) is 7.06. The number of amides is 2. The number of carbonyl (C=O) groups is 1. The number of anilines is 4. The molecule has 2 aromatic heterocycles. The van der Waals surface area contributed by atoms with Crippen molar-refractivity contribution in [2.45, 2.75) is 44.2 Å². The van der Waals surface area contributed by atoms with Gasteiger partial charge in [-0.15, -0.1) is 0 Å². The molecule has 0 aliphatic carbocycles. The van der Waals surface area contributed by atoms with E-state index >= 15 is 0 Å². The van der Waals surface area contributed by atoms with Crippen LogP contribution in [0.5, 0.6) is 0 Å². The van der Waals surface area contributed by atoms with Crippen LogP contribution in [-0.4, -0.2) is 64.4 Å². The van der Waals surface area contributed by atoms with Gasteiger partial charge in [-0.25, -0.2) is 4.79 Å². The Morgan fingerprint density at radius 3 is 2.14 bits per heavy atom. The van der Waals surface area contributed by atoms with Crippen LogP contribution in [0.3, 0.4) is 0 Å². The molecule has 2 N–H and O–H groups in total. The normalized spacial score (nSPS) is 21.3. The Morgan fingerprint density at radius 1 is 0.806 bits per heavy atom. The summed E-state index contributed by atoms with van der Waals surface area (Å²) < 4.78 is 5.79. The van der Waals surface area contributed by atoms with Crippen LogP contribution in [0.1, 0.15) is 32.1 Å². The Labute approximate surface area is 210 Å². The molecule has 2 bridgehead atoms. The van der Waals surface area contributed by atoms with Crippen molar-refractivity contribution in [1.82, 2.24) is 19.9 Å². The van der Waals surface area contributed by atoms with Crippen LogP contribution in [0.4, 0.5) is 28.1 Å². The van der Waals surface area contributed by atoms with Crippen molar-refractivity contribution >= 4 is 29.3 Å². The minimum Gasteiger partial charge on any atom is -0.377 e. The fourth-order valence-electron chi connectivity index (χ4n) is 5.22. The third-order valence-electron chi connectivity index (χ3n) is 7.06. The number of carbonyl (C=O) groups excluding carboxylic acids is 1. The first-order valence-electron chi connectivity index (χ1n) is 12.7. The average molecular weight is 487 g/mol. The molecule has 3 aliphatic rings. The lowest BCUT2D eigenvalue weighted by Gasteiger charge is -2.35. The van der Waals surface area contributed by atoms with Crippen LogP contribution in [0.15, 0.2) is 48.8 Å². The summed E-state index contributed by atoms with van der Waals surface area (Å²) in [5, 5.41) is 5.66. The summed E-state index contributed by atoms with van der Waals surface area (Å²) in [7, 11) is 0. The number of piperidine rings is 1. The second-order valence-corrected chi connectivity index (χ2v) is 9.53. The Bertz CT molecular complexity index is 1180. The highest BCUT2D eigenvalue weighted by atomic mass is 16.5. The van der Waals surface area contributed by atoms with Gasteiger partial charge in [0.15, 0.2) is 5.82 Å². The van der Waals surface area contributed by atoms with Crippen molar-refractivity contribution in [3.05, 3.63) is 48.8 Å². The number of nitrogens with one attached hydrogen (secondary N) is 2. The van der Waals surface area contributed by atoms with Crippen LogP contribution in [0.25, 0.3) is 11.4 Å². The molecule has 3 aliphatic heterocycles. The smallest absolute Gasteiger partial charge is 0.323 e. The molecule has 2 amide bonds. The van der Waals surface area contributed by atoms with E-state index in [2.05, 4.69) is 25.4 Å². The van der Waals surface area contributed by atoms with E-state index in [1.54, 1.807) is 24.5 Å². The molecule has 5 heterocycles. The molecule has 1 aromatic carbocycles. The fraction of sp³-hybridized carbons (Fsp3) is 0.423. The van der Waals surface area contributed by atoms with Gasteiger partial charge in [0, 0.05) is 42.4 Å². The van der Waals surface area contributed by atoms with Crippen molar-refractivity contribution < 1.29 is 9.53 Å². The van der Waals surface area contributed by atoms with E-state index in [-0.39, 0.29) is 6.03 Å². The standard InChI is InChI=1S/C26H30N8O2/c35-26(29-20-10-12-27-13-11-20)28-19-6-4-18(5-7-19)23-30-24(33-14-2-1-3-15-33)32-25(31-23)34-21-8-9-22(34)17-36-16-21/h4-7,10-13,21-22H,1-3,8-9,14-17H2,(H2,27,28,29,35). The summed E-state index contributed by atoms with van der Waals surface area (Å²) in [6, 6.07) is 11.4. The lowest BCUT2D eigenvalue weighted by Crippen LogP contribution is -2.47. The largest absolute Gasteiger partial charge is 0.377 e. The monoisotopic (exact) mass is 486 g/mol. The molecule has 0 radical (unpaired) electrons. The SMILES string of the molecule is O=C(Nc1ccncc1)Nc1ccc(-c2nc(N3CCCCC3)nc(N3C4CCC3COC4)n2)cc1. The Kier molecular flexibility index (Phi) is 6.33. The topological polar surface area (TPSA) is 108 Å². The molecule has 186 valence electrons. The molecule has 3 saturated heterocycles. The molecule has 10 nitrogen and oxygen atoms in total. The number of benzene rings is 1. The van der Waals surface area contributed by atoms with Crippen LogP contribution in [0, 0.1) is 0 Å². The van der Waals surface area contributed by atoms with Gasteiger partial charge in [0.2, 0.25) is 11.9 Å². The second-order valence-electron chi connectivity index (χ2n) is 9.53. The number of nitrogens with zero attached hydrogens (tertiary/aromatic N) is 6. The van der Waals surface area contributed by atoms with Gasteiger partial charge < -0.3 is 25.2 Å². The van der Waals surface area contributed by atoms with E-state index in [1.165, 1.54) is 6.42 Å². The number of hydrogen-bond donors (Lipinski definition) is 2. The highest BCUT2D eigenvalue weighted by Gasteiger charge is 2.39. The third kappa shape index (κ3) is 4.81. The summed E-state index contributed by atoms with van der Waals surface area (Å²) in [6.07, 6.45) is 9.03. The molecule has 0 spiro atoms. The Morgan fingerprint density at radius 2 is 1.44 bits per heavy atom. The maximum atomic E-state index is 12.3. The van der Waals surface area contributed by atoms with Gasteiger partial charge in [-0.3, -0.25) is 4.98 Å². The van der Waals surface area contributed by atoms with Gasteiger partial charge in [0.25, 0.3) is 0 Å². The van der Waals surface area contributed by atoms with Crippen LogP contribution >= 0.6 is 0 Å². The number of hydrogen-bond acceptors (Lipinski definition) is 8. The van der Waals surface area contributed by atoms with Crippen LogP contribution in [-0.2, 0) is 4.74 Å². The second kappa shape index (κ2) is 10.1. The Balaban J connectivity index is 1.25. The minimum atomic E-state index is -0.313. The van der Waals surface area contributed by atoms with E-state index in [4.69, 9.17) is 19.7 Å². The van der Waals surface area contributed by atoms with Gasteiger partial charge in [-0.1, -0.05) is 0 Å². The fourth-order valence-corrected chi connectivity index (χ4v) is 5.22. The predicted octanol–water partition coefficient (Wildman–Crippen LogP) is 3.94. The van der Waals surface area contributed by atoms with Gasteiger partial charge in [-0.2, -0.15) is 15.0 Å². The Hall–Kier alpha value is -3.79. The zero-order valence-corrected chi connectivity index (χ0v) is 20.1. The number of rotatable bonds is 5. The number of pyridine rings is 1. The molecule has 10 heteroatoms. The van der Waals surface area contributed by atoms with Crippen molar-refractivity contribution in [3.8, 4) is 11.4 Å². The van der Waals surface area contributed by atoms with Crippen LogP contribution < -0.4 is 20.4 Å². The zero-order chi connectivity index (χ0) is 24.3. The number of ether oxygens (including phenoxy) is 1. The number of aromatic nitrogens is 4. The molecule has 2 unspecified atom stereocenters. The summed E-state index contributed by atoms with van der Waals surface area (Å²) in [6.45, 7) is 3.37. The van der Waals surface area contributed by atoms with Gasteiger partial charge >= 0.3 is 6.03 Å². The molecule has 6 rings (SSSR count). The summed E-state index contributed by atoms with van der Waals surface area (Å²) in [4.78, 5) is 35.7. The molecule has 36 heavy (non-hydrogen) atoms. The van der Waals surface area contributed by atoms with Gasteiger partial charge in [0.1, 0.15) is 0 Å². The lowest BCUT2D eigenvalue weighted by molar-refractivity contribution is 0.0897. The highest BCUT2D eigenvalue weighted by Crippen LogP contribution is 2.34. The van der Waals surface area contributed by atoms with E-state index in [1.807, 2.05) is 24.3 Å². The first kappa shape index (κ1) is 22.7. The zero-order valence-electron chi connectivity index (χ0n) is 20.1. The van der Waals surface area contributed by atoms with E-state index in [0.29, 0.717) is 29.3 Å². The van der Waals surface area contributed by atoms with Crippen LogP contribution in [0.2, 0.25) is 0 Å². The first-order chi connectivity index (χ1) is 17.7. The van der Waals surface area contributed by atoms with E-state index < -0.39 is 0 Å². The van der Waals surface area contributed by atoms with Gasteiger partial charge in [0.05, 0.1) is 25.3 Å². The molecular formula is C26H30N8O2. The molecular weight excluding hydrogens is 456 g/mol. The number of fused-ring (bicyclic) bond motifs is 2. The van der Waals surface area contributed by atoms with Crippen molar-refractivity contribution in [1.29, 1.82) is 0 Å². The molecule has 3 fully saturated rings. The maximum Gasteiger partial charge on any atom is 0.323 e. The van der Waals surface area contributed by atoms with Crippen molar-refractivity contribution in [3.63, 3.8) is 0 Å². The summed E-state index contributed by atoms with van der Waals surface area (Å²) >= 11 is 0.